The second-order valence-electron chi connectivity index (χ2n) is 5.62. The molecule has 0 bridgehead atoms. The van der Waals surface area contributed by atoms with Crippen LogP contribution in [0.3, 0.4) is 0 Å². The van der Waals surface area contributed by atoms with Gasteiger partial charge in [-0.05, 0) is 32.0 Å². The van der Waals surface area contributed by atoms with E-state index in [4.69, 9.17) is 4.74 Å². The molecule has 3 rings (SSSR count). The third kappa shape index (κ3) is 3.40. The number of amides is 1. The minimum atomic E-state index is -0.716. The molecule has 2 heterocycles. The van der Waals surface area contributed by atoms with E-state index in [1.54, 1.807) is 29.7 Å². The first kappa shape index (κ1) is 16.8. The van der Waals surface area contributed by atoms with Gasteiger partial charge >= 0.3 is 0 Å². The van der Waals surface area contributed by atoms with Crippen LogP contribution in [0.25, 0.3) is 5.52 Å². The van der Waals surface area contributed by atoms with Crippen molar-refractivity contribution in [2.75, 3.05) is 6.61 Å². The zero-order chi connectivity index (χ0) is 17.8. The zero-order valence-corrected chi connectivity index (χ0v) is 14.2. The Bertz CT molecular complexity index is 945. The van der Waals surface area contributed by atoms with Gasteiger partial charge in [0.25, 0.3) is 5.56 Å². The van der Waals surface area contributed by atoms with E-state index in [0.29, 0.717) is 18.7 Å². The second kappa shape index (κ2) is 7.21. The Kier molecular flexibility index (Phi) is 4.83. The number of para-hydroxylation sites is 1. The fourth-order valence-corrected chi connectivity index (χ4v) is 2.62. The fraction of sp³-hybridized carbons (Fsp3) is 0.278. The molecule has 2 aromatic heterocycles. The van der Waals surface area contributed by atoms with Gasteiger partial charge in [0.2, 0.25) is 5.91 Å². The van der Waals surface area contributed by atoms with Gasteiger partial charge in [-0.15, -0.1) is 0 Å². The predicted octanol–water partition coefficient (Wildman–Crippen LogP) is 1.77. The summed E-state index contributed by atoms with van der Waals surface area (Å²) in [5, 5.41) is 6.92. The largest absolute Gasteiger partial charge is 0.494 e. The van der Waals surface area contributed by atoms with Crippen LogP contribution in [0.4, 0.5) is 0 Å². The van der Waals surface area contributed by atoms with Crippen LogP contribution in [0.5, 0.6) is 5.75 Å². The van der Waals surface area contributed by atoms with E-state index in [0.717, 1.165) is 11.3 Å². The number of fused-ring (bicyclic) bond motifs is 1. The van der Waals surface area contributed by atoms with Gasteiger partial charge in [0, 0.05) is 18.3 Å². The molecule has 1 unspecified atom stereocenters. The lowest BCUT2D eigenvalue weighted by molar-refractivity contribution is -0.124. The van der Waals surface area contributed by atoms with Gasteiger partial charge in [-0.25, -0.2) is 4.68 Å². The first-order valence-corrected chi connectivity index (χ1v) is 8.14. The van der Waals surface area contributed by atoms with Crippen LogP contribution < -0.4 is 15.6 Å². The lowest BCUT2D eigenvalue weighted by Crippen LogP contribution is -2.37. The molecule has 1 N–H and O–H groups in total. The number of carbonyl (C=O) groups excluding carboxylic acids is 1. The lowest BCUT2D eigenvalue weighted by Gasteiger charge is -2.15. The van der Waals surface area contributed by atoms with E-state index >= 15 is 0 Å². The minimum Gasteiger partial charge on any atom is -0.494 e. The summed E-state index contributed by atoms with van der Waals surface area (Å²) >= 11 is 0. The van der Waals surface area contributed by atoms with Crippen molar-refractivity contribution in [2.45, 2.75) is 26.4 Å². The van der Waals surface area contributed by atoms with Crippen molar-refractivity contribution in [1.82, 2.24) is 19.5 Å². The number of aromatic nitrogens is 3. The molecule has 1 amide bonds. The van der Waals surface area contributed by atoms with Crippen molar-refractivity contribution < 1.29 is 9.53 Å². The number of benzene rings is 1. The Morgan fingerprint density at radius 3 is 2.88 bits per heavy atom. The molecule has 0 aliphatic heterocycles. The smallest absolute Gasteiger partial charge is 0.291 e. The molecule has 25 heavy (non-hydrogen) atoms. The first-order valence-electron chi connectivity index (χ1n) is 8.14. The molecular weight excluding hydrogens is 320 g/mol. The summed E-state index contributed by atoms with van der Waals surface area (Å²) in [6.07, 6.45) is 3.26. The molecule has 0 radical (unpaired) electrons. The molecule has 1 aromatic carbocycles. The molecule has 0 spiro atoms. The van der Waals surface area contributed by atoms with Crippen LogP contribution in [-0.4, -0.2) is 26.7 Å². The number of carbonyl (C=O) groups is 1. The van der Waals surface area contributed by atoms with Crippen molar-refractivity contribution in [3.8, 4) is 5.75 Å². The third-order valence-electron chi connectivity index (χ3n) is 3.98. The van der Waals surface area contributed by atoms with E-state index in [-0.39, 0.29) is 11.5 Å². The van der Waals surface area contributed by atoms with Crippen molar-refractivity contribution in [2.24, 2.45) is 0 Å². The van der Waals surface area contributed by atoms with Gasteiger partial charge in [-0.1, -0.05) is 18.2 Å². The summed E-state index contributed by atoms with van der Waals surface area (Å²) < 4.78 is 8.37. The summed E-state index contributed by atoms with van der Waals surface area (Å²) in [5.74, 6) is 0.458. The Hall–Kier alpha value is -3.09. The van der Waals surface area contributed by atoms with Crippen molar-refractivity contribution >= 4 is 11.4 Å². The lowest BCUT2D eigenvalue weighted by atomic mass is 10.2. The highest BCUT2D eigenvalue weighted by Gasteiger charge is 2.18. The monoisotopic (exact) mass is 340 g/mol. The van der Waals surface area contributed by atoms with E-state index in [9.17, 15) is 9.59 Å². The third-order valence-corrected chi connectivity index (χ3v) is 3.98. The molecule has 3 aromatic rings. The topological polar surface area (TPSA) is 77.6 Å². The average molecular weight is 340 g/mol. The molecule has 7 heteroatoms. The average Bonchev–Trinajstić information content (AvgIpc) is 3.10. The van der Waals surface area contributed by atoms with Gasteiger partial charge in [0.15, 0.2) is 0 Å². The van der Waals surface area contributed by atoms with Crippen LogP contribution in [0.1, 0.15) is 25.5 Å². The van der Waals surface area contributed by atoms with Crippen molar-refractivity contribution in [1.29, 1.82) is 0 Å². The van der Waals surface area contributed by atoms with Gasteiger partial charge in [0.1, 0.15) is 23.6 Å². The predicted molar refractivity (Wildman–Crippen MR) is 93.6 cm³/mol. The van der Waals surface area contributed by atoms with Gasteiger partial charge in [-0.2, -0.15) is 5.10 Å². The van der Waals surface area contributed by atoms with E-state index < -0.39 is 6.04 Å². The SMILES string of the molecule is CCOc1ccccc1CNC(=O)C(C)n1ncn2cccc2c1=O. The van der Waals surface area contributed by atoms with E-state index in [2.05, 4.69) is 10.4 Å². The molecular formula is C18H20N4O3. The van der Waals surface area contributed by atoms with Crippen LogP contribution in [0, 0.1) is 0 Å². The van der Waals surface area contributed by atoms with Crippen LogP contribution in [-0.2, 0) is 11.3 Å². The van der Waals surface area contributed by atoms with Crippen molar-refractivity contribution in [3.05, 3.63) is 64.8 Å². The highest BCUT2D eigenvalue weighted by Crippen LogP contribution is 2.17. The molecule has 0 saturated carbocycles. The molecule has 130 valence electrons. The number of ether oxygens (including phenoxy) is 1. The van der Waals surface area contributed by atoms with Crippen LogP contribution >= 0.6 is 0 Å². The van der Waals surface area contributed by atoms with Crippen LogP contribution in [0.2, 0.25) is 0 Å². The number of rotatable bonds is 6. The molecule has 7 nitrogen and oxygen atoms in total. The van der Waals surface area contributed by atoms with Crippen LogP contribution in [0.15, 0.2) is 53.7 Å². The van der Waals surface area contributed by atoms with Gasteiger partial charge < -0.3 is 14.5 Å². The Morgan fingerprint density at radius 1 is 1.28 bits per heavy atom. The maximum Gasteiger partial charge on any atom is 0.291 e. The maximum absolute atomic E-state index is 12.5. The van der Waals surface area contributed by atoms with E-state index in [1.807, 2.05) is 31.2 Å². The Labute approximate surface area is 144 Å². The maximum atomic E-state index is 12.5. The minimum absolute atomic E-state index is 0.281. The standard InChI is InChI=1S/C18H20N4O3/c1-3-25-16-9-5-4-7-14(16)11-19-17(23)13(2)22-18(24)15-8-6-10-21(15)12-20-22/h4-10,12-13H,3,11H2,1-2H3,(H,19,23). The number of hydrogen-bond donors (Lipinski definition) is 1. The Balaban J connectivity index is 1.74. The normalized spacial score (nSPS) is 12.1. The highest BCUT2D eigenvalue weighted by molar-refractivity contribution is 5.79. The molecule has 0 aliphatic rings. The molecule has 0 saturated heterocycles. The Morgan fingerprint density at radius 2 is 2.08 bits per heavy atom. The number of nitrogens with one attached hydrogen (secondary N) is 1. The second-order valence-corrected chi connectivity index (χ2v) is 5.62. The first-order chi connectivity index (χ1) is 12.1. The molecule has 0 aliphatic carbocycles. The summed E-state index contributed by atoms with van der Waals surface area (Å²) in [7, 11) is 0. The fourth-order valence-electron chi connectivity index (χ4n) is 2.62. The van der Waals surface area contributed by atoms with Crippen molar-refractivity contribution in [3.63, 3.8) is 0 Å². The molecule has 0 fully saturated rings. The van der Waals surface area contributed by atoms with E-state index in [1.165, 1.54) is 11.0 Å². The molecule has 1 atom stereocenters. The highest BCUT2D eigenvalue weighted by atomic mass is 16.5. The summed E-state index contributed by atoms with van der Waals surface area (Å²) in [4.78, 5) is 24.9. The summed E-state index contributed by atoms with van der Waals surface area (Å²) in [6, 6.07) is 10.3. The van der Waals surface area contributed by atoms with Gasteiger partial charge in [-0.3, -0.25) is 9.59 Å². The summed E-state index contributed by atoms with van der Waals surface area (Å²) in [6.45, 7) is 4.43. The quantitative estimate of drug-likeness (QED) is 0.742. The number of hydrogen-bond acceptors (Lipinski definition) is 4. The number of nitrogens with zero attached hydrogens (tertiary/aromatic N) is 3. The zero-order valence-electron chi connectivity index (χ0n) is 14.2. The summed E-state index contributed by atoms with van der Waals surface area (Å²) in [5.41, 5.74) is 1.06. The van der Waals surface area contributed by atoms with Gasteiger partial charge in [0.05, 0.1) is 6.61 Å².